The van der Waals surface area contributed by atoms with Gasteiger partial charge in [-0.1, -0.05) is 23.4 Å². The van der Waals surface area contributed by atoms with Crippen LogP contribution in [0.1, 0.15) is 23.6 Å². The summed E-state index contributed by atoms with van der Waals surface area (Å²) < 4.78 is 0. The van der Waals surface area contributed by atoms with E-state index in [-0.39, 0.29) is 11.2 Å². The van der Waals surface area contributed by atoms with E-state index in [9.17, 15) is 4.79 Å². The second-order valence-corrected chi connectivity index (χ2v) is 6.28. The molecule has 0 spiro atoms. The number of rotatable bonds is 3. The Morgan fingerprint density at radius 2 is 1.89 bits per heavy atom. The molecule has 3 nitrogen and oxygen atoms in total. The van der Waals surface area contributed by atoms with E-state index in [4.69, 9.17) is 5.73 Å². The zero-order valence-corrected chi connectivity index (χ0v) is 12.5. The highest BCUT2D eigenvalue weighted by Crippen LogP contribution is 2.28. The molecule has 1 atom stereocenters. The highest BCUT2D eigenvalue weighted by molar-refractivity contribution is 8.00. The lowest BCUT2D eigenvalue weighted by atomic mass is 10.0. The molecular formula is C15H18N2OS. The standard InChI is InChI=1S/C15H18N2OS/c1-8-5-10(3)14-12(6-8)9(2)7-13(17-14)19-11(4)15(16)18/h5-7,11H,1-4H3,(H2,16,18). The Morgan fingerprint density at radius 1 is 1.21 bits per heavy atom. The predicted octanol–water partition coefficient (Wildman–Crippen LogP) is 3.13. The maximum atomic E-state index is 11.1. The number of nitrogens with zero attached hydrogens (tertiary/aromatic N) is 1. The maximum absolute atomic E-state index is 11.1. The van der Waals surface area contributed by atoms with Crippen molar-refractivity contribution in [1.82, 2.24) is 4.98 Å². The van der Waals surface area contributed by atoms with Gasteiger partial charge in [0.1, 0.15) is 0 Å². The highest BCUT2D eigenvalue weighted by atomic mass is 32.2. The number of hydrogen-bond acceptors (Lipinski definition) is 3. The van der Waals surface area contributed by atoms with E-state index in [0.29, 0.717) is 0 Å². The molecule has 0 bridgehead atoms. The number of amides is 1. The zero-order chi connectivity index (χ0) is 14.2. The largest absolute Gasteiger partial charge is 0.369 e. The number of carbonyl (C=O) groups excluding carboxylic acids is 1. The molecule has 1 unspecified atom stereocenters. The molecule has 0 saturated carbocycles. The molecule has 0 aliphatic rings. The predicted molar refractivity (Wildman–Crippen MR) is 80.5 cm³/mol. The van der Waals surface area contributed by atoms with Crippen LogP contribution in [0.5, 0.6) is 0 Å². The van der Waals surface area contributed by atoms with Crippen molar-refractivity contribution in [3.05, 3.63) is 34.9 Å². The lowest BCUT2D eigenvalue weighted by Gasteiger charge is -2.11. The number of nitrogens with two attached hydrogens (primary N) is 1. The van der Waals surface area contributed by atoms with Crippen molar-refractivity contribution in [3.8, 4) is 0 Å². The van der Waals surface area contributed by atoms with Gasteiger partial charge in [0, 0.05) is 5.39 Å². The summed E-state index contributed by atoms with van der Waals surface area (Å²) in [5.74, 6) is -0.315. The van der Waals surface area contributed by atoms with Gasteiger partial charge in [0.15, 0.2) is 0 Å². The Morgan fingerprint density at radius 3 is 2.53 bits per heavy atom. The van der Waals surface area contributed by atoms with Gasteiger partial charge in [0.25, 0.3) is 0 Å². The lowest BCUT2D eigenvalue weighted by Crippen LogP contribution is -2.22. The molecule has 0 radical (unpaired) electrons. The SMILES string of the molecule is Cc1cc(C)c2nc(SC(C)C(N)=O)cc(C)c2c1. The van der Waals surface area contributed by atoms with E-state index in [1.54, 1.807) is 6.92 Å². The first-order valence-corrected chi connectivity index (χ1v) is 7.11. The first-order chi connectivity index (χ1) is 8.88. The number of aromatic nitrogens is 1. The Balaban J connectivity index is 2.52. The third-order valence-electron chi connectivity index (χ3n) is 3.13. The molecule has 0 aliphatic heterocycles. The number of aryl methyl sites for hydroxylation is 3. The van der Waals surface area contributed by atoms with Crippen LogP contribution in [0.15, 0.2) is 23.2 Å². The van der Waals surface area contributed by atoms with Crippen LogP contribution in [0, 0.1) is 20.8 Å². The molecule has 1 aromatic heterocycles. The van der Waals surface area contributed by atoms with Crippen LogP contribution >= 0.6 is 11.8 Å². The zero-order valence-electron chi connectivity index (χ0n) is 11.7. The molecule has 0 aliphatic carbocycles. The average Bonchev–Trinajstić information content (AvgIpc) is 2.30. The number of primary amides is 1. The number of pyridine rings is 1. The van der Waals surface area contributed by atoms with Gasteiger partial charge in [-0.25, -0.2) is 4.98 Å². The van der Waals surface area contributed by atoms with Crippen LogP contribution in [-0.4, -0.2) is 16.1 Å². The van der Waals surface area contributed by atoms with Crippen LogP contribution < -0.4 is 5.73 Å². The fourth-order valence-corrected chi connectivity index (χ4v) is 2.98. The van der Waals surface area contributed by atoms with Crippen molar-refractivity contribution in [2.45, 2.75) is 38.0 Å². The smallest absolute Gasteiger partial charge is 0.230 e. The summed E-state index contributed by atoms with van der Waals surface area (Å²) in [7, 11) is 0. The maximum Gasteiger partial charge on any atom is 0.230 e. The van der Waals surface area contributed by atoms with Gasteiger partial charge in [0.05, 0.1) is 15.8 Å². The monoisotopic (exact) mass is 274 g/mol. The average molecular weight is 274 g/mol. The van der Waals surface area contributed by atoms with Crippen molar-refractivity contribution in [2.24, 2.45) is 5.73 Å². The number of benzene rings is 1. The molecule has 2 rings (SSSR count). The number of hydrogen-bond donors (Lipinski definition) is 1. The van der Waals surface area contributed by atoms with Crippen LogP contribution in [0.3, 0.4) is 0 Å². The Labute approximate surface area is 117 Å². The lowest BCUT2D eigenvalue weighted by molar-refractivity contribution is -0.117. The number of thioether (sulfide) groups is 1. The second kappa shape index (κ2) is 5.21. The molecule has 2 N–H and O–H groups in total. The van der Waals surface area contributed by atoms with Crippen LogP contribution in [-0.2, 0) is 4.79 Å². The molecule has 2 aromatic rings. The molecule has 1 aromatic carbocycles. The van der Waals surface area contributed by atoms with E-state index < -0.39 is 0 Å². The summed E-state index contributed by atoms with van der Waals surface area (Å²) in [4.78, 5) is 15.8. The van der Waals surface area contributed by atoms with Gasteiger partial charge >= 0.3 is 0 Å². The highest BCUT2D eigenvalue weighted by Gasteiger charge is 2.13. The molecule has 4 heteroatoms. The summed E-state index contributed by atoms with van der Waals surface area (Å²) in [5.41, 5.74) is 9.87. The summed E-state index contributed by atoms with van der Waals surface area (Å²) in [6, 6.07) is 6.29. The Hall–Kier alpha value is -1.55. The van der Waals surface area contributed by atoms with Gasteiger partial charge in [-0.3, -0.25) is 4.79 Å². The summed E-state index contributed by atoms with van der Waals surface area (Å²) >= 11 is 1.41. The van der Waals surface area contributed by atoms with Gasteiger partial charge < -0.3 is 5.73 Å². The number of carbonyl (C=O) groups is 1. The van der Waals surface area contributed by atoms with E-state index in [0.717, 1.165) is 16.1 Å². The van der Waals surface area contributed by atoms with Crippen molar-refractivity contribution in [2.75, 3.05) is 0 Å². The van der Waals surface area contributed by atoms with Crippen molar-refractivity contribution in [1.29, 1.82) is 0 Å². The second-order valence-electron chi connectivity index (χ2n) is 4.92. The minimum absolute atomic E-state index is 0.268. The van der Waals surface area contributed by atoms with Crippen LogP contribution in [0.4, 0.5) is 0 Å². The molecule has 0 saturated heterocycles. The van der Waals surface area contributed by atoms with Gasteiger partial charge in [-0.05, 0) is 51.0 Å². The molecular weight excluding hydrogens is 256 g/mol. The van der Waals surface area contributed by atoms with Gasteiger partial charge in [-0.15, -0.1) is 0 Å². The topological polar surface area (TPSA) is 56.0 Å². The third kappa shape index (κ3) is 2.89. The summed E-state index contributed by atoms with van der Waals surface area (Å²) in [5, 5.41) is 1.76. The fraction of sp³-hybridized carbons (Fsp3) is 0.333. The summed E-state index contributed by atoms with van der Waals surface area (Å²) in [6.45, 7) is 8.02. The minimum atomic E-state index is -0.315. The van der Waals surface area contributed by atoms with E-state index >= 15 is 0 Å². The Kier molecular flexibility index (Phi) is 3.80. The van der Waals surface area contributed by atoms with Crippen molar-refractivity contribution >= 4 is 28.6 Å². The Bertz CT molecular complexity index is 652. The number of fused-ring (bicyclic) bond motifs is 1. The third-order valence-corrected chi connectivity index (χ3v) is 4.17. The fourth-order valence-electron chi connectivity index (χ4n) is 2.11. The minimum Gasteiger partial charge on any atom is -0.369 e. The van der Waals surface area contributed by atoms with Crippen molar-refractivity contribution in [3.63, 3.8) is 0 Å². The molecule has 0 fully saturated rings. The molecule has 1 amide bonds. The van der Waals surface area contributed by atoms with Crippen molar-refractivity contribution < 1.29 is 4.79 Å². The normalized spacial score (nSPS) is 12.6. The van der Waals surface area contributed by atoms with E-state index in [1.165, 1.54) is 28.3 Å². The van der Waals surface area contributed by atoms with E-state index in [1.807, 2.05) is 6.07 Å². The van der Waals surface area contributed by atoms with E-state index in [2.05, 4.69) is 37.9 Å². The quantitative estimate of drug-likeness (QED) is 0.875. The first kappa shape index (κ1) is 13.9. The van der Waals surface area contributed by atoms with Gasteiger partial charge in [0.2, 0.25) is 5.91 Å². The van der Waals surface area contributed by atoms with Gasteiger partial charge in [-0.2, -0.15) is 0 Å². The summed E-state index contributed by atoms with van der Waals surface area (Å²) in [6.07, 6.45) is 0. The molecule has 19 heavy (non-hydrogen) atoms. The van der Waals surface area contributed by atoms with Crippen LogP contribution in [0.2, 0.25) is 0 Å². The van der Waals surface area contributed by atoms with Crippen LogP contribution in [0.25, 0.3) is 10.9 Å². The molecule has 1 heterocycles. The molecule has 100 valence electrons. The first-order valence-electron chi connectivity index (χ1n) is 6.23.